The summed E-state index contributed by atoms with van der Waals surface area (Å²) in [6.45, 7) is 0.949. The van der Waals surface area contributed by atoms with Gasteiger partial charge in [-0.25, -0.2) is 0 Å². The summed E-state index contributed by atoms with van der Waals surface area (Å²) in [5.41, 5.74) is 0.560. The number of nitrogens with zero attached hydrogens (tertiary/aromatic N) is 1. The molecule has 0 aliphatic heterocycles. The van der Waals surface area contributed by atoms with Gasteiger partial charge in [0.25, 0.3) is 5.91 Å². The Hall–Kier alpha value is -2.52. The lowest BCUT2D eigenvalue weighted by molar-refractivity contribution is -0.123. The molecule has 0 bridgehead atoms. The van der Waals surface area contributed by atoms with Crippen molar-refractivity contribution in [2.45, 2.75) is 6.42 Å². The molecule has 0 aliphatic carbocycles. The first-order valence-corrected chi connectivity index (χ1v) is 6.56. The van der Waals surface area contributed by atoms with Crippen LogP contribution in [-0.4, -0.2) is 32.8 Å². The van der Waals surface area contributed by atoms with Crippen LogP contribution in [0.25, 0.3) is 11.0 Å². The van der Waals surface area contributed by atoms with Crippen molar-refractivity contribution in [1.82, 2.24) is 5.32 Å². The maximum atomic E-state index is 11.6. The number of hydrogen-bond acceptors (Lipinski definition) is 5. The average molecular weight is 288 g/mol. The highest BCUT2D eigenvalue weighted by Crippen LogP contribution is 2.32. The van der Waals surface area contributed by atoms with Gasteiger partial charge in [-0.15, -0.1) is 0 Å². The van der Waals surface area contributed by atoms with Crippen LogP contribution in [0.5, 0.6) is 5.75 Å². The van der Waals surface area contributed by atoms with Crippen LogP contribution in [-0.2, 0) is 9.53 Å². The van der Waals surface area contributed by atoms with E-state index in [1.54, 1.807) is 25.3 Å². The highest BCUT2D eigenvalue weighted by atomic mass is 16.5. The predicted molar refractivity (Wildman–Crippen MR) is 75.9 cm³/mol. The standard InChI is InChI=1S/C15H16N2O4/c1-19-8-4-7-17-14(18)10-20-15-11-5-2-3-6-12(11)21-13(15)9-16/h2-3,5-6H,4,7-8,10H2,1H3,(H,17,18). The highest BCUT2D eigenvalue weighted by Gasteiger charge is 2.16. The molecule has 1 amide bonds. The number of methoxy groups -OCH3 is 1. The van der Waals surface area contributed by atoms with Gasteiger partial charge in [0.1, 0.15) is 11.7 Å². The molecule has 1 heterocycles. The Bertz CT molecular complexity index is 657. The number of nitriles is 1. The van der Waals surface area contributed by atoms with Crippen molar-refractivity contribution in [2.75, 3.05) is 26.9 Å². The molecular formula is C15H16N2O4. The third-order valence-electron chi connectivity index (χ3n) is 2.85. The molecule has 2 rings (SSSR count). The number of carbonyl (C=O) groups excluding carboxylic acids is 1. The fraction of sp³-hybridized carbons (Fsp3) is 0.333. The molecule has 0 spiro atoms. The SMILES string of the molecule is COCCCNC(=O)COc1c(C#N)oc2ccccc12. The Morgan fingerprint density at radius 1 is 1.43 bits per heavy atom. The summed E-state index contributed by atoms with van der Waals surface area (Å²) >= 11 is 0. The van der Waals surface area contributed by atoms with E-state index in [4.69, 9.17) is 19.2 Å². The van der Waals surface area contributed by atoms with Gasteiger partial charge in [0.2, 0.25) is 5.76 Å². The fourth-order valence-electron chi connectivity index (χ4n) is 1.87. The highest BCUT2D eigenvalue weighted by molar-refractivity contribution is 5.87. The van der Waals surface area contributed by atoms with E-state index >= 15 is 0 Å². The minimum absolute atomic E-state index is 0.0726. The van der Waals surface area contributed by atoms with Crippen LogP contribution in [0.15, 0.2) is 28.7 Å². The minimum Gasteiger partial charge on any atom is -0.478 e. The van der Waals surface area contributed by atoms with Crippen LogP contribution in [0, 0.1) is 11.3 Å². The smallest absolute Gasteiger partial charge is 0.257 e. The van der Waals surface area contributed by atoms with E-state index in [0.717, 1.165) is 6.42 Å². The van der Waals surface area contributed by atoms with Crippen molar-refractivity contribution < 1.29 is 18.7 Å². The van der Waals surface area contributed by atoms with Crippen molar-refractivity contribution in [3.8, 4) is 11.8 Å². The van der Waals surface area contributed by atoms with Crippen molar-refractivity contribution in [3.63, 3.8) is 0 Å². The van der Waals surface area contributed by atoms with Gasteiger partial charge in [-0.05, 0) is 18.6 Å². The molecule has 0 atom stereocenters. The van der Waals surface area contributed by atoms with Gasteiger partial charge in [0, 0.05) is 20.3 Å². The van der Waals surface area contributed by atoms with Gasteiger partial charge in [-0.2, -0.15) is 5.26 Å². The lowest BCUT2D eigenvalue weighted by atomic mass is 10.2. The first-order chi connectivity index (χ1) is 10.3. The second kappa shape index (κ2) is 7.31. The Morgan fingerprint density at radius 2 is 2.24 bits per heavy atom. The second-order valence-corrected chi connectivity index (χ2v) is 4.35. The zero-order valence-electron chi connectivity index (χ0n) is 11.7. The molecule has 0 unspecified atom stereocenters. The monoisotopic (exact) mass is 288 g/mol. The van der Waals surface area contributed by atoms with Crippen LogP contribution in [0.3, 0.4) is 0 Å². The van der Waals surface area contributed by atoms with E-state index in [-0.39, 0.29) is 18.3 Å². The van der Waals surface area contributed by atoms with Gasteiger partial charge < -0.3 is 19.2 Å². The zero-order chi connectivity index (χ0) is 15.1. The largest absolute Gasteiger partial charge is 0.478 e. The van der Waals surface area contributed by atoms with Gasteiger partial charge in [0.05, 0.1) is 5.39 Å². The van der Waals surface area contributed by atoms with E-state index in [9.17, 15) is 4.79 Å². The number of rotatable bonds is 7. The average Bonchev–Trinajstić information content (AvgIpc) is 2.87. The summed E-state index contributed by atoms with van der Waals surface area (Å²) in [6, 6.07) is 9.08. The molecule has 0 radical (unpaired) electrons. The molecule has 21 heavy (non-hydrogen) atoms. The molecule has 110 valence electrons. The van der Waals surface area contributed by atoms with Crippen LogP contribution in [0.2, 0.25) is 0 Å². The molecule has 2 aromatic rings. The second-order valence-electron chi connectivity index (χ2n) is 4.35. The maximum Gasteiger partial charge on any atom is 0.257 e. The zero-order valence-corrected chi connectivity index (χ0v) is 11.7. The first-order valence-electron chi connectivity index (χ1n) is 6.56. The number of para-hydroxylation sites is 1. The summed E-state index contributed by atoms with van der Waals surface area (Å²) in [5.74, 6) is 0.129. The summed E-state index contributed by atoms with van der Waals surface area (Å²) in [5, 5.41) is 12.4. The van der Waals surface area contributed by atoms with Crippen molar-refractivity contribution in [3.05, 3.63) is 30.0 Å². The van der Waals surface area contributed by atoms with Crippen molar-refractivity contribution in [2.24, 2.45) is 0 Å². The van der Waals surface area contributed by atoms with Crippen molar-refractivity contribution >= 4 is 16.9 Å². The Kier molecular flexibility index (Phi) is 5.18. The van der Waals surface area contributed by atoms with Crippen LogP contribution in [0.1, 0.15) is 12.2 Å². The molecule has 1 aromatic heterocycles. The fourth-order valence-corrected chi connectivity index (χ4v) is 1.87. The van der Waals surface area contributed by atoms with Gasteiger partial charge in [-0.1, -0.05) is 12.1 Å². The van der Waals surface area contributed by atoms with E-state index in [2.05, 4.69) is 5.32 Å². The lowest BCUT2D eigenvalue weighted by Gasteiger charge is -2.06. The number of benzene rings is 1. The van der Waals surface area contributed by atoms with E-state index in [1.807, 2.05) is 12.1 Å². The number of ether oxygens (including phenoxy) is 2. The maximum absolute atomic E-state index is 11.6. The number of nitrogens with one attached hydrogen (secondary N) is 1. The van der Waals surface area contributed by atoms with E-state index < -0.39 is 0 Å². The van der Waals surface area contributed by atoms with Gasteiger partial charge in [0.15, 0.2) is 12.4 Å². The minimum atomic E-state index is -0.250. The van der Waals surface area contributed by atoms with Gasteiger partial charge >= 0.3 is 0 Å². The third-order valence-corrected chi connectivity index (χ3v) is 2.85. The Labute approximate surface area is 122 Å². The molecule has 0 aliphatic rings. The van der Waals surface area contributed by atoms with Crippen LogP contribution < -0.4 is 10.1 Å². The van der Waals surface area contributed by atoms with E-state index in [1.165, 1.54) is 0 Å². The van der Waals surface area contributed by atoms with Crippen molar-refractivity contribution in [1.29, 1.82) is 5.26 Å². The lowest BCUT2D eigenvalue weighted by Crippen LogP contribution is -2.30. The number of carbonyl (C=O) groups is 1. The molecule has 1 aromatic carbocycles. The normalized spacial score (nSPS) is 10.3. The topological polar surface area (TPSA) is 84.5 Å². The number of fused-ring (bicyclic) bond motifs is 1. The summed E-state index contributed by atoms with van der Waals surface area (Å²) in [7, 11) is 1.61. The Balaban J connectivity index is 1.97. The summed E-state index contributed by atoms with van der Waals surface area (Å²) < 4.78 is 15.7. The molecular weight excluding hydrogens is 272 g/mol. The molecule has 1 N–H and O–H groups in total. The quantitative estimate of drug-likeness (QED) is 0.786. The molecule has 0 saturated heterocycles. The van der Waals surface area contributed by atoms with Gasteiger partial charge in [-0.3, -0.25) is 4.79 Å². The number of furan rings is 1. The summed E-state index contributed by atoms with van der Waals surface area (Å²) in [4.78, 5) is 11.6. The molecule has 0 saturated carbocycles. The first kappa shape index (κ1) is 14.9. The molecule has 6 nitrogen and oxygen atoms in total. The predicted octanol–water partition coefficient (Wildman–Crippen LogP) is 1.84. The number of hydrogen-bond donors (Lipinski definition) is 1. The summed E-state index contributed by atoms with van der Waals surface area (Å²) in [6.07, 6.45) is 0.736. The molecule has 6 heteroatoms. The van der Waals surface area contributed by atoms with E-state index in [0.29, 0.717) is 29.9 Å². The Morgan fingerprint density at radius 3 is 3.00 bits per heavy atom. The number of amides is 1. The van der Waals surface area contributed by atoms with Crippen LogP contribution >= 0.6 is 0 Å². The van der Waals surface area contributed by atoms with Crippen LogP contribution in [0.4, 0.5) is 0 Å². The third kappa shape index (κ3) is 3.74. The molecule has 0 fully saturated rings.